The van der Waals surface area contributed by atoms with Crippen LogP contribution >= 0.6 is 0 Å². The molecule has 0 saturated carbocycles. The van der Waals surface area contributed by atoms with Gasteiger partial charge in [0.1, 0.15) is 5.82 Å². The fourth-order valence-corrected chi connectivity index (χ4v) is 2.24. The van der Waals surface area contributed by atoms with Crippen molar-refractivity contribution < 1.29 is 18.3 Å². The monoisotopic (exact) mass is 301 g/mol. The lowest BCUT2D eigenvalue weighted by molar-refractivity contribution is -0.137. The van der Waals surface area contributed by atoms with E-state index in [1.54, 1.807) is 0 Å². The number of aromatic nitrogens is 1. The SMILES string of the molecule is C=C[C@@H](O)CN1CCN(c2ccc(C(F)(F)F)cn2)CC1. The molecule has 1 aliphatic rings. The molecule has 1 N–H and O–H groups in total. The summed E-state index contributed by atoms with van der Waals surface area (Å²) in [5.41, 5.74) is -0.737. The van der Waals surface area contributed by atoms with E-state index in [1.165, 1.54) is 12.1 Å². The van der Waals surface area contributed by atoms with Crippen LogP contribution < -0.4 is 4.90 Å². The molecule has 2 heterocycles. The smallest absolute Gasteiger partial charge is 0.388 e. The minimum absolute atomic E-state index is 0.526. The molecule has 1 fully saturated rings. The Morgan fingerprint density at radius 2 is 1.95 bits per heavy atom. The van der Waals surface area contributed by atoms with Crippen molar-refractivity contribution >= 4 is 5.82 Å². The first-order valence-corrected chi connectivity index (χ1v) is 6.71. The molecule has 4 nitrogen and oxygen atoms in total. The summed E-state index contributed by atoms with van der Waals surface area (Å²) in [6.45, 7) is 6.85. The molecule has 21 heavy (non-hydrogen) atoms. The van der Waals surface area contributed by atoms with Crippen molar-refractivity contribution in [1.29, 1.82) is 0 Å². The second kappa shape index (κ2) is 6.44. The number of piperazine rings is 1. The van der Waals surface area contributed by atoms with Gasteiger partial charge in [-0.15, -0.1) is 6.58 Å². The zero-order valence-electron chi connectivity index (χ0n) is 11.6. The summed E-state index contributed by atoms with van der Waals surface area (Å²) in [5, 5.41) is 9.51. The van der Waals surface area contributed by atoms with Gasteiger partial charge in [-0.2, -0.15) is 13.2 Å². The van der Waals surface area contributed by atoms with Crippen LogP contribution in [0.2, 0.25) is 0 Å². The van der Waals surface area contributed by atoms with Crippen molar-refractivity contribution in [3.05, 3.63) is 36.5 Å². The molecule has 1 aromatic rings. The Morgan fingerprint density at radius 1 is 1.29 bits per heavy atom. The number of anilines is 1. The van der Waals surface area contributed by atoms with Crippen molar-refractivity contribution in [1.82, 2.24) is 9.88 Å². The van der Waals surface area contributed by atoms with Crippen LogP contribution in [0, 0.1) is 0 Å². The van der Waals surface area contributed by atoms with E-state index in [1.807, 2.05) is 4.90 Å². The van der Waals surface area contributed by atoms with Gasteiger partial charge in [-0.3, -0.25) is 4.90 Å². The molecular formula is C14H18F3N3O. The number of nitrogens with zero attached hydrogens (tertiary/aromatic N) is 3. The van der Waals surface area contributed by atoms with Crippen LogP contribution in [0.1, 0.15) is 5.56 Å². The van der Waals surface area contributed by atoms with Crippen molar-refractivity contribution in [2.24, 2.45) is 0 Å². The Bertz CT molecular complexity index is 467. The number of hydrogen-bond donors (Lipinski definition) is 1. The van der Waals surface area contributed by atoms with Crippen LogP contribution in [0.5, 0.6) is 0 Å². The van der Waals surface area contributed by atoms with E-state index in [2.05, 4.69) is 16.5 Å². The molecule has 0 radical (unpaired) electrons. The first kappa shape index (κ1) is 15.8. The maximum Gasteiger partial charge on any atom is 0.417 e. The van der Waals surface area contributed by atoms with Gasteiger partial charge in [0.2, 0.25) is 0 Å². The Morgan fingerprint density at radius 3 is 2.43 bits per heavy atom. The zero-order valence-corrected chi connectivity index (χ0v) is 11.6. The highest BCUT2D eigenvalue weighted by atomic mass is 19.4. The van der Waals surface area contributed by atoms with Gasteiger partial charge in [0.05, 0.1) is 11.7 Å². The lowest BCUT2D eigenvalue weighted by Crippen LogP contribution is -2.48. The lowest BCUT2D eigenvalue weighted by atomic mass is 10.2. The normalized spacial score (nSPS) is 18.6. The molecule has 1 atom stereocenters. The number of hydrogen-bond acceptors (Lipinski definition) is 4. The molecule has 0 bridgehead atoms. The van der Waals surface area contributed by atoms with E-state index in [4.69, 9.17) is 0 Å². The summed E-state index contributed by atoms with van der Waals surface area (Å²) in [7, 11) is 0. The molecule has 0 spiro atoms. The Hall–Kier alpha value is -1.60. The molecule has 0 aliphatic carbocycles. The van der Waals surface area contributed by atoms with E-state index in [0.717, 1.165) is 25.4 Å². The highest BCUT2D eigenvalue weighted by molar-refractivity contribution is 5.40. The predicted octanol–water partition coefficient (Wildman–Crippen LogP) is 1.77. The van der Waals surface area contributed by atoms with Crippen molar-refractivity contribution in [3.8, 4) is 0 Å². The fraction of sp³-hybridized carbons (Fsp3) is 0.500. The number of aliphatic hydroxyl groups excluding tert-OH is 1. The summed E-state index contributed by atoms with van der Waals surface area (Å²) in [6.07, 6.45) is -2.56. The van der Waals surface area contributed by atoms with Gasteiger partial charge in [-0.05, 0) is 12.1 Å². The number of rotatable bonds is 4. The molecule has 0 amide bonds. The minimum Gasteiger partial charge on any atom is -0.388 e. The largest absolute Gasteiger partial charge is 0.417 e. The Labute approximate surface area is 121 Å². The first-order valence-electron chi connectivity index (χ1n) is 6.71. The standard InChI is InChI=1S/C14H18F3N3O/c1-2-12(21)10-19-5-7-20(8-6-19)13-4-3-11(9-18-13)14(15,16)17/h2-4,9,12,21H,1,5-8,10H2/t12-/m1/s1. The van der Waals surface area contributed by atoms with E-state index in [9.17, 15) is 18.3 Å². The minimum atomic E-state index is -4.36. The molecule has 1 saturated heterocycles. The topological polar surface area (TPSA) is 39.6 Å². The second-order valence-corrected chi connectivity index (χ2v) is 4.99. The summed E-state index contributed by atoms with van der Waals surface area (Å²) in [6, 6.07) is 2.45. The number of pyridine rings is 1. The highest BCUT2D eigenvalue weighted by Gasteiger charge is 2.31. The van der Waals surface area contributed by atoms with Crippen LogP contribution in [-0.2, 0) is 6.18 Å². The lowest BCUT2D eigenvalue weighted by Gasteiger charge is -2.36. The van der Waals surface area contributed by atoms with Crippen LogP contribution in [0.25, 0.3) is 0 Å². The number of β-amino-alcohol motifs (C(OH)–C–C–N with tert-alkyl or cyclic N) is 1. The zero-order chi connectivity index (χ0) is 15.5. The van der Waals surface area contributed by atoms with Crippen LogP contribution in [0.15, 0.2) is 31.0 Å². The summed E-state index contributed by atoms with van der Waals surface area (Å²) in [4.78, 5) is 7.92. The average Bonchev–Trinajstić information content (AvgIpc) is 2.47. The van der Waals surface area contributed by atoms with E-state index < -0.39 is 17.8 Å². The van der Waals surface area contributed by atoms with Gasteiger partial charge in [-0.25, -0.2) is 4.98 Å². The van der Waals surface area contributed by atoms with Crippen LogP contribution in [-0.4, -0.2) is 53.8 Å². The summed E-state index contributed by atoms with van der Waals surface area (Å²) in [5.74, 6) is 0.548. The van der Waals surface area contributed by atoms with Crippen LogP contribution in [0.3, 0.4) is 0 Å². The number of aliphatic hydroxyl groups is 1. The van der Waals surface area contributed by atoms with E-state index in [-0.39, 0.29) is 0 Å². The van der Waals surface area contributed by atoms with Crippen molar-refractivity contribution in [3.63, 3.8) is 0 Å². The number of halogens is 3. The quantitative estimate of drug-likeness (QED) is 0.861. The van der Waals surface area contributed by atoms with Gasteiger partial charge in [0.25, 0.3) is 0 Å². The summed E-state index contributed by atoms with van der Waals surface area (Å²) >= 11 is 0. The molecule has 116 valence electrons. The van der Waals surface area contributed by atoms with E-state index >= 15 is 0 Å². The fourth-order valence-electron chi connectivity index (χ4n) is 2.24. The van der Waals surface area contributed by atoms with Gasteiger partial charge < -0.3 is 10.0 Å². The first-order chi connectivity index (χ1) is 9.90. The molecule has 7 heteroatoms. The van der Waals surface area contributed by atoms with E-state index in [0.29, 0.717) is 25.5 Å². The molecule has 1 aliphatic heterocycles. The summed E-state index contributed by atoms with van der Waals surface area (Å²) < 4.78 is 37.4. The number of alkyl halides is 3. The average molecular weight is 301 g/mol. The molecule has 0 unspecified atom stereocenters. The Kier molecular flexibility index (Phi) is 4.84. The van der Waals surface area contributed by atoms with Gasteiger partial charge in [-0.1, -0.05) is 6.08 Å². The van der Waals surface area contributed by atoms with Crippen molar-refractivity contribution in [2.45, 2.75) is 12.3 Å². The molecule has 1 aromatic heterocycles. The third-order valence-electron chi connectivity index (χ3n) is 3.49. The molecule has 0 aromatic carbocycles. The van der Waals surface area contributed by atoms with Crippen LogP contribution in [0.4, 0.5) is 19.0 Å². The Balaban J connectivity index is 1.92. The predicted molar refractivity (Wildman–Crippen MR) is 74.1 cm³/mol. The third kappa shape index (κ3) is 4.18. The second-order valence-electron chi connectivity index (χ2n) is 4.99. The van der Waals surface area contributed by atoms with Crippen molar-refractivity contribution in [2.75, 3.05) is 37.6 Å². The van der Waals surface area contributed by atoms with Gasteiger partial charge in [0.15, 0.2) is 0 Å². The van der Waals surface area contributed by atoms with Gasteiger partial charge >= 0.3 is 6.18 Å². The molecular weight excluding hydrogens is 283 g/mol. The third-order valence-corrected chi connectivity index (χ3v) is 3.49. The highest BCUT2D eigenvalue weighted by Crippen LogP contribution is 2.29. The maximum absolute atomic E-state index is 12.5. The van der Waals surface area contributed by atoms with Gasteiger partial charge in [0, 0.05) is 38.9 Å². The molecule has 2 rings (SSSR count). The maximum atomic E-state index is 12.5.